The summed E-state index contributed by atoms with van der Waals surface area (Å²) < 4.78 is 0. The van der Waals surface area contributed by atoms with Crippen molar-refractivity contribution < 1.29 is 5.11 Å². The molecule has 0 amide bonds. The molecule has 0 saturated carbocycles. The van der Waals surface area contributed by atoms with E-state index >= 15 is 0 Å². The average Bonchev–Trinajstić information content (AvgIpc) is 2.18. The number of rotatable bonds is 3. The Bertz CT molecular complexity index is 308. The van der Waals surface area contributed by atoms with Crippen LogP contribution in [-0.4, -0.2) is 5.11 Å². The van der Waals surface area contributed by atoms with Gasteiger partial charge in [-0.1, -0.05) is 57.2 Å². The van der Waals surface area contributed by atoms with Gasteiger partial charge in [0, 0.05) is 5.92 Å². The predicted molar refractivity (Wildman–Crippen MR) is 64.5 cm³/mol. The SMILES string of the molecule is C=C[C@H]([C@@H](O)c1ccccc1)C(C)(C)C. The van der Waals surface area contributed by atoms with Crippen LogP contribution in [0.1, 0.15) is 32.4 Å². The van der Waals surface area contributed by atoms with Crippen LogP contribution in [0.5, 0.6) is 0 Å². The van der Waals surface area contributed by atoms with Crippen LogP contribution in [0.4, 0.5) is 0 Å². The Hall–Kier alpha value is -1.08. The molecule has 0 aromatic heterocycles. The van der Waals surface area contributed by atoms with Crippen LogP contribution in [-0.2, 0) is 0 Å². The van der Waals surface area contributed by atoms with Crippen molar-refractivity contribution in [2.24, 2.45) is 11.3 Å². The summed E-state index contributed by atoms with van der Waals surface area (Å²) in [4.78, 5) is 0. The molecule has 0 aliphatic rings. The summed E-state index contributed by atoms with van der Waals surface area (Å²) in [5, 5.41) is 10.2. The summed E-state index contributed by atoms with van der Waals surface area (Å²) in [6.07, 6.45) is 1.38. The molecule has 1 aromatic rings. The van der Waals surface area contributed by atoms with Gasteiger partial charge in [-0.2, -0.15) is 0 Å². The van der Waals surface area contributed by atoms with Crippen molar-refractivity contribution in [2.75, 3.05) is 0 Å². The van der Waals surface area contributed by atoms with Crippen molar-refractivity contribution in [2.45, 2.75) is 26.9 Å². The van der Waals surface area contributed by atoms with E-state index < -0.39 is 6.10 Å². The first-order valence-electron chi connectivity index (χ1n) is 5.32. The number of hydrogen-bond acceptors (Lipinski definition) is 1. The minimum Gasteiger partial charge on any atom is -0.388 e. The van der Waals surface area contributed by atoms with Crippen molar-refractivity contribution >= 4 is 0 Å². The summed E-state index contributed by atoms with van der Waals surface area (Å²) in [7, 11) is 0. The summed E-state index contributed by atoms with van der Waals surface area (Å²) >= 11 is 0. The van der Waals surface area contributed by atoms with Gasteiger partial charge in [-0.25, -0.2) is 0 Å². The minimum absolute atomic E-state index is 0.0248. The minimum atomic E-state index is -0.469. The quantitative estimate of drug-likeness (QED) is 0.746. The van der Waals surface area contributed by atoms with Gasteiger partial charge >= 0.3 is 0 Å². The highest BCUT2D eigenvalue weighted by Crippen LogP contribution is 2.36. The Morgan fingerprint density at radius 2 is 1.73 bits per heavy atom. The fourth-order valence-electron chi connectivity index (χ4n) is 1.81. The Kier molecular flexibility index (Phi) is 3.70. The fourth-order valence-corrected chi connectivity index (χ4v) is 1.81. The smallest absolute Gasteiger partial charge is 0.0857 e. The van der Waals surface area contributed by atoms with E-state index in [4.69, 9.17) is 0 Å². The zero-order chi connectivity index (χ0) is 11.5. The zero-order valence-corrected chi connectivity index (χ0v) is 9.77. The summed E-state index contributed by atoms with van der Waals surface area (Å²) in [6, 6.07) is 9.75. The molecule has 2 atom stereocenters. The molecule has 0 heterocycles. The molecule has 0 aliphatic heterocycles. The van der Waals surface area contributed by atoms with Crippen LogP contribution in [0.25, 0.3) is 0 Å². The Labute approximate surface area is 92.5 Å². The number of aliphatic hydroxyl groups excluding tert-OH is 1. The molecule has 1 N–H and O–H groups in total. The fraction of sp³-hybridized carbons (Fsp3) is 0.429. The van der Waals surface area contributed by atoms with Crippen LogP contribution in [0.15, 0.2) is 43.0 Å². The van der Waals surface area contributed by atoms with Gasteiger partial charge in [0.1, 0.15) is 0 Å². The maximum Gasteiger partial charge on any atom is 0.0857 e. The van der Waals surface area contributed by atoms with Crippen LogP contribution >= 0.6 is 0 Å². The summed E-state index contributed by atoms with van der Waals surface area (Å²) in [6.45, 7) is 10.2. The van der Waals surface area contributed by atoms with E-state index in [2.05, 4.69) is 27.4 Å². The van der Waals surface area contributed by atoms with E-state index in [1.807, 2.05) is 36.4 Å². The van der Waals surface area contributed by atoms with Gasteiger partial charge in [-0.15, -0.1) is 6.58 Å². The van der Waals surface area contributed by atoms with E-state index in [0.717, 1.165) is 5.56 Å². The molecular weight excluding hydrogens is 184 g/mol. The Morgan fingerprint density at radius 1 is 1.20 bits per heavy atom. The number of hydrogen-bond donors (Lipinski definition) is 1. The van der Waals surface area contributed by atoms with E-state index in [9.17, 15) is 5.11 Å². The second-order valence-corrected chi connectivity index (χ2v) is 4.98. The molecule has 0 saturated heterocycles. The third-order valence-corrected chi connectivity index (χ3v) is 2.74. The lowest BCUT2D eigenvalue weighted by atomic mass is 9.75. The number of aliphatic hydroxyl groups is 1. The molecule has 15 heavy (non-hydrogen) atoms. The molecule has 82 valence electrons. The average molecular weight is 204 g/mol. The molecule has 1 nitrogen and oxygen atoms in total. The van der Waals surface area contributed by atoms with E-state index in [0.29, 0.717) is 0 Å². The van der Waals surface area contributed by atoms with E-state index in [-0.39, 0.29) is 11.3 Å². The summed E-state index contributed by atoms with van der Waals surface area (Å²) in [5.74, 6) is 0.0694. The summed E-state index contributed by atoms with van der Waals surface area (Å²) in [5.41, 5.74) is 0.981. The van der Waals surface area contributed by atoms with Gasteiger partial charge in [0.05, 0.1) is 6.10 Å². The van der Waals surface area contributed by atoms with E-state index in [1.165, 1.54) is 0 Å². The Morgan fingerprint density at radius 3 is 2.13 bits per heavy atom. The highest BCUT2D eigenvalue weighted by molar-refractivity contribution is 5.19. The van der Waals surface area contributed by atoms with Gasteiger partial charge in [0.2, 0.25) is 0 Å². The van der Waals surface area contributed by atoms with Gasteiger partial charge in [-0.05, 0) is 11.0 Å². The lowest BCUT2D eigenvalue weighted by molar-refractivity contribution is 0.0714. The monoisotopic (exact) mass is 204 g/mol. The molecule has 0 spiro atoms. The van der Waals surface area contributed by atoms with Crippen LogP contribution < -0.4 is 0 Å². The molecule has 1 aromatic carbocycles. The normalized spacial score (nSPS) is 15.7. The largest absolute Gasteiger partial charge is 0.388 e. The molecule has 0 fully saturated rings. The molecule has 1 rings (SSSR count). The van der Waals surface area contributed by atoms with Crippen molar-refractivity contribution in [3.05, 3.63) is 48.6 Å². The highest BCUT2D eigenvalue weighted by atomic mass is 16.3. The third-order valence-electron chi connectivity index (χ3n) is 2.74. The molecule has 0 unspecified atom stereocenters. The zero-order valence-electron chi connectivity index (χ0n) is 9.77. The highest BCUT2D eigenvalue weighted by Gasteiger charge is 2.29. The predicted octanol–water partition coefficient (Wildman–Crippen LogP) is 3.57. The van der Waals surface area contributed by atoms with Gasteiger partial charge in [-0.3, -0.25) is 0 Å². The molecule has 0 radical (unpaired) electrons. The van der Waals surface area contributed by atoms with Crippen LogP contribution in [0, 0.1) is 11.3 Å². The van der Waals surface area contributed by atoms with Crippen molar-refractivity contribution in [1.82, 2.24) is 0 Å². The van der Waals surface area contributed by atoms with Crippen molar-refractivity contribution in [1.29, 1.82) is 0 Å². The van der Waals surface area contributed by atoms with Gasteiger partial charge < -0.3 is 5.11 Å². The van der Waals surface area contributed by atoms with Crippen LogP contribution in [0.2, 0.25) is 0 Å². The first kappa shape index (κ1) is 12.0. The lowest BCUT2D eigenvalue weighted by Gasteiger charge is -2.32. The first-order chi connectivity index (χ1) is 6.96. The van der Waals surface area contributed by atoms with E-state index in [1.54, 1.807) is 0 Å². The lowest BCUT2D eigenvalue weighted by Crippen LogP contribution is -2.25. The standard InChI is InChI=1S/C14H20O/c1-5-12(14(2,3)4)13(15)11-9-7-6-8-10-11/h5-10,12-13,15H,1H2,2-4H3/t12-,13+/m1/s1. The maximum atomic E-state index is 10.2. The second kappa shape index (κ2) is 4.63. The molecule has 0 aliphatic carbocycles. The van der Waals surface area contributed by atoms with Crippen LogP contribution in [0.3, 0.4) is 0 Å². The topological polar surface area (TPSA) is 20.2 Å². The van der Waals surface area contributed by atoms with Gasteiger partial charge in [0.15, 0.2) is 0 Å². The number of benzene rings is 1. The molecular formula is C14H20O. The van der Waals surface area contributed by atoms with Crippen molar-refractivity contribution in [3.8, 4) is 0 Å². The van der Waals surface area contributed by atoms with Crippen molar-refractivity contribution in [3.63, 3.8) is 0 Å². The first-order valence-corrected chi connectivity index (χ1v) is 5.32. The third kappa shape index (κ3) is 2.93. The Balaban J connectivity index is 2.92. The maximum absolute atomic E-state index is 10.2. The molecule has 1 heteroatoms. The van der Waals surface area contributed by atoms with Gasteiger partial charge in [0.25, 0.3) is 0 Å². The second-order valence-electron chi connectivity index (χ2n) is 4.98. The molecule has 0 bridgehead atoms.